The van der Waals surface area contributed by atoms with Gasteiger partial charge in [-0.25, -0.2) is 0 Å². The number of likely N-dealkylation sites (tertiary alicyclic amines) is 1. The average molecular weight is 330 g/mol. The number of pyridine rings is 1. The van der Waals surface area contributed by atoms with Crippen LogP contribution in [0.4, 0.5) is 0 Å². The highest BCUT2D eigenvalue weighted by Gasteiger charge is 2.36. The molecule has 0 aliphatic carbocycles. The van der Waals surface area contributed by atoms with Crippen LogP contribution in [0.3, 0.4) is 0 Å². The quantitative estimate of drug-likeness (QED) is 0.826. The summed E-state index contributed by atoms with van der Waals surface area (Å²) in [6.45, 7) is 7.53. The maximum absolute atomic E-state index is 12.7. The smallest absolute Gasteiger partial charge is 0.228 e. The molecule has 2 saturated heterocycles. The number of hydrogen-bond acceptors (Lipinski definition) is 4. The highest BCUT2D eigenvalue weighted by Crippen LogP contribution is 2.21. The minimum atomic E-state index is -0.151. The first-order valence-electron chi connectivity index (χ1n) is 8.85. The van der Waals surface area contributed by atoms with Gasteiger partial charge in [0.2, 0.25) is 11.8 Å². The van der Waals surface area contributed by atoms with Crippen LogP contribution in [0.2, 0.25) is 0 Å². The molecule has 0 N–H and O–H groups in total. The first-order chi connectivity index (χ1) is 11.7. The monoisotopic (exact) mass is 330 g/mol. The molecule has 2 fully saturated rings. The first kappa shape index (κ1) is 16.9. The van der Waals surface area contributed by atoms with Gasteiger partial charge in [-0.15, -0.1) is 0 Å². The second-order valence-corrected chi connectivity index (χ2v) is 6.65. The summed E-state index contributed by atoms with van der Waals surface area (Å²) in [6, 6.07) is 4.05. The molecule has 24 heavy (non-hydrogen) atoms. The Kier molecular flexibility index (Phi) is 5.45. The summed E-state index contributed by atoms with van der Waals surface area (Å²) >= 11 is 0. The average Bonchev–Trinajstić information content (AvgIpc) is 2.83. The molecule has 3 rings (SSSR count). The molecule has 0 unspecified atom stereocenters. The molecule has 6 nitrogen and oxygen atoms in total. The molecule has 130 valence electrons. The van der Waals surface area contributed by atoms with E-state index in [0.717, 1.165) is 39.1 Å². The van der Waals surface area contributed by atoms with E-state index in [1.165, 1.54) is 5.56 Å². The predicted molar refractivity (Wildman–Crippen MR) is 91.1 cm³/mol. The van der Waals surface area contributed by atoms with Crippen LogP contribution >= 0.6 is 0 Å². The van der Waals surface area contributed by atoms with Crippen LogP contribution in [-0.2, 0) is 16.1 Å². The lowest BCUT2D eigenvalue weighted by Gasteiger charge is -2.24. The molecule has 1 aromatic heterocycles. The van der Waals surface area contributed by atoms with Gasteiger partial charge >= 0.3 is 0 Å². The van der Waals surface area contributed by atoms with Gasteiger partial charge < -0.3 is 9.80 Å². The third-order valence-corrected chi connectivity index (χ3v) is 4.97. The van der Waals surface area contributed by atoms with Gasteiger partial charge in [-0.3, -0.25) is 19.5 Å². The van der Waals surface area contributed by atoms with E-state index in [-0.39, 0.29) is 17.7 Å². The van der Waals surface area contributed by atoms with Gasteiger partial charge in [-0.05, 0) is 25.0 Å². The number of aromatic nitrogens is 1. The van der Waals surface area contributed by atoms with Crippen molar-refractivity contribution >= 4 is 11.8 Å². The standard InChI is InChI=1S/C18H26N4O2/c1-2-21-14-16(11-17(21)23)18(24)22-8-4-7-20(9-10-22)13-15-5-3-6-19-12-15/h3,5-6,12,16H,2,4,7-11,13-14H2,1H3/t16-/m0/s1. The zero-order valence-corrected chi connectivity index (χ0v) is 14.4. The van der Waals surface area contributed by atoms with E-state index in [2.05, 4.69) is 16.0 Å². The van der Waals surface area contributed by atoms with Crippen LogP contribution in [0, 0.1) is 5.92 Å². The van der Waals surface area contributed by atoms with Gasteiger partial charge in [0.15, 0.2) is 0 Å². The summed E-state index contributed by atoms with van der Waals surface area (Å²) in [5.74, 6) is 0.119. The van der Waals surface area contributed by atoms with E-state index < -0.39 is 0 Å². The molecule has 0 radical (unpaired) electrons. The van der Waals surface area contributed by atoms with E-state index in [0.29, 0.717) is 19.5 Å². The summed E-state index contributed by atoms with van der Waals surface area (Å²) in [7, 11) is 0. The van der Waals surface area contributed by atoms with E-state index in [1.807, 2.05) is 24.1 Å². The van der Waals surface area contributed by atoms with Crippen molar-refractivity contribution in [3.63, 3.8) is 0 Å². The number of nitrogens with zero attached hydrogens (tertiary/aromatic N) is 4. The lowest BCUT2D eigenvalue weighted by molar-refractivity contribution is -0.135. The molecule has 3 heterocycles. The Labute approximate surface area is 143 Å². The second-order valence-electron chi connectivity index (χ2n) is 6.65. The zero-order valence-electron chi connectivity index (χ0n) is 14.4. The maximum atomic E-state index is 12.7. The Morgan fingerprint density at radius 2 is 2.17 bits per heavy atom. The highest BCUT2D eigenvalue weighted by atomic mass is 16.2. The van der Waals surface area contributed by atoms with Crippen LogP contribution in [0.1, 0.15) is 25.3 Å². The van der Waals surface area contributed by atoms with Crippen molar-refractivity contribution in [3.05, 3.63) is 30.1 Å². The molecular formula is C18H26N4O2. The van der Waals surface area contributed by atoms with Crippen LogP contribution in [0.15, 0.2) is 24.5 Å². The Balaban J connectivity index is 1.53. The predicted octanol–water partition coefficient (Wildman–Crippen LogP) is 0.984. The Morgan fingerprint density at radius 3 is 2.88 bits per heavy atom. The minimum absolute atomic E-state index is 0.115. The summed E-state index contributed by atoms with van der Waals surface area (Å²) in [5, 5.41) is 0. The van der Waals surface area contributed by atoms with Crippen LogP contribution in [-0.4, -0.2) is 70.8 Å². The van der Waals surface area contributed by atoms with Gasteiger partial charge in [0, 0.05) is 64.6 Å². The van der Waals surface area contributed by atoms with Crippen LogP contribution in [0.5, 0.6) is 0 Å². The van der Waals surface area contributed by atoms with Crippen molar-refractivity contribution in [2.75, 3.05) is 39.3 Å². The zero-order chi connectivity index (χ0) is 16.9. The fraction of sp³-hybridized carbons (Fsp3) is 0.611. The van der Waals surface area contributed by atoms with E-state index >= 15 is 0 Å². The normalized spacial score (nSPS) is 22.7. The van der Waals surface area contributed by atoms with Gasteiger partial charge in [0.05, 0.1) is 5.92 Å². The third-order valence-electron chi connectivity index (χ3n) is 4.97. The lowest BCUT2D eigenvalue weighted by atomic mass is 10.1. The first-order valence-corrected chi connectivity index (χ1v) is 8.85. The fourth-order valence-corrected chi connectivity index (χ4v) is 3.60. The molecule has 1 atom stereocenters. The van der Waals surface area contributed by atoms with E-state index in [1.54, 1.807) is 11.1 Å². The van der Waals surface area contributed by atoms with Crippen molar-refractivity contribution < 1.29 is 9.59 Å². The molecule has 2 amide bonds. The number of amides is 2. The number of hydrogen-bond donors (Lipinski definition) is 0. The molecule has 0 bridgehead atoms. The summed E-state index contributed by atoms with van der Waals surface area (Å²) in [5.41, 5.74) is 1.21. The number of rotatable bonds is 4. The molecule has 2 aliphatic heterocycles. The Bertz CT molecular complexity index is 578. The van der Waals surface area contributed by atoms with Crippen LogP contribution in [0.25, 0.3) is 0 Å². The van der Waals surface area contributed by atoms with Crippen molar-refractivity contribution in [1.29, 1.82) is 0 Å². The minimum Gasteiger partial charge on any atom is -0.342 e. The topological polar surface area (TPSA) is 56.8 Å². The lowest BCUT2D eigenvalue weighted by Crippen LogP contribution is -2.39. The Morgan fingerprint density at radius 1 is 1.29 bits per heavy atom. The SMILES string of the molecule is CCN1C[C@@H](C(=O)N2CCCN(Cc3cccnc3)CC2)CC1=O. The highest BCUT2D eigenvalue weighted by molar-refractivity contribution is 5.89. The summed E-state index contributed by atoms with van der Waals surface area (Å²) in [4.78, 5) is 34.9. The molecule has 6 heteroatoms. The van der Waals surface area contributed by atoms with Gasteiger partial charge in [0.1, 0.15) is 0 Å². The van der Waals surface area contributed by atoms with Gasteiger partial charge in [-0.2, -0.15) is 0 Å². The van der Waals surface area contributed by atoms with E-state index in [4.69, 9.17) is 0 Å². The third kappa shape index (κ3) is 3.93. The maximum Gasteiger partial charge on any atom is 0.228 e. The molecule has 2 aliphatic rings. The molecule has 0 aromatic carbocycles. The summed E-state index contributed by atoms with van der Waals surface area (Å²) in [6.07, 6.45) is 5.04. The van der Waals surface area contributed by atoms with E-state index in [9.17, 15) is 9.59 Å². The van der Waals surface area contributed by atoms with Gasteiger partial charge in [-0.1, -0.05) is 6.07 Å². The number of carbonyl (C=O) groups is 2. The molecule has 1 aromatic rings. The molecular weight excluding hydrogens is 304 g/mol. The van der Waals surface area contributed by atoms with Crippen molar-refractivity contribution in [2.45, 2.75) is 26.3 Å². The molecule has 0 saturated carbocycles. The number of carbonyl (C=O) groups excluding carboxylic acids is 2. The van der Waals surface area contributed by atoms with Crippen molar-refractivity contribution in [1.82, 2.24) is 19.7 Å². The Hall–Kier alpha value is -1.95. The van der Waals surface area contributed by atoms with Crippen molar-refractivity contribution in [3.8, 4) is 0 Å². The second kappa shape index (κ2) is 7.75. The summed E-state index contributed by atoms with van der Waals surface area (Å²) < 4.78 is 0. The largest absolute Gasteiger partial charge is 0.342 e. The van der Waals surface area contributed by atoms with Crippen molar-refractivity contribution in [2.24, 2.45) is 5.92 Å². The fourth-order valence-electron chi connectivity index (χ4n) is 3.60. The molecule has 0 spiro atoms. The van der Waals surface area contributed by atoms with Crippen LogP contribution < -0.4 is 0 Å². The van der Waals surface area contributed by atoms with Gasteiger partial charge in [0.25, 0.3) is 0 Å².